The van der Waals surface area contributed by atoms with E-state index in [9.17, 15) is 5.26 Å². The van der Waals surface area contributed by atoms with E-state index in [4.69, 9.17) is 0 Å². The summed E-state index contributed by atoms with van der Waals surface area (Å²) in [5, 5.41) is 13.4. The van der Waals surface area contributed by atoms with Crippen molar-refractivity contribution in [3.63, 3.8) is 0 Å². The molecule has 0 spiro atoms. The standard InChI is InChI=1S/C15H17N3/c1-3-11(2)10-17-15-13(9-16)8-12-6-4-5-7-14(12)18-15/h4-8,11H,3,10H2,1-2H3,(H,17,18). The summed E-state index contributed by atoms with van der Waals surface area (Å²) in [7, 11) is 0. The third kappa shape index (κ3) is 2.60. The molecule has 0 fully saturated rings. The molecule has 3 nitrogen and oxygen atoms in total. The van der Waals surface area contributed by atoms with Crippen molar-refractivity contribution in [3.05, 3.63) is 35.9 Å². The SMILES string of the molecule is CCC(C)CNc1nc2ccccc2cc1C#N. The van der Waals surface area contributed by atoms with Crippen molar-refractivity contribution in [1.82, 2.24) is 4.98 Å². The van der Waals surface area contributed by atoms with Gasteiger partial charge < -0.3 is 5.32 Å². The zero-order valence-electron chi connectivity index (χ0n) is 10.8. The maximum atomic E-state index is 9.17. The van der Waals surface area contributed by atoms with E-state index in [-0.39, 0.29) is 0 Å². The van der Waals surface area contributed by atoms with E-state index in [0.717, 1.165) is 23.9 Å². The summed E-state index contributed by atoms with van der Waals surface area (Å²) in [6, 6.07) is 11.9. The highest BCUT2D eigenvalue weighted by Gasteiger charge is 2.07. The largest absolute Gasteiger partial charge is 0.369 e. The van der Waals surface area contributed by atoms with Crippen LogP contribution in [0, 0.1) is 17.2 Å². The van der Waals surface area contributed by atoms with Crippen molar-refractivity contribution in [2.45, 2.75) is 20.3 Å². The number of benzene rings is 1. The van der Waals surface area contributed by atoms with Crippen LogP contribution in [0.2, 0.25) is 0 Å². The molecule has 1 aromatic heterocycles. The summed E-state index contributed by atoms with van der Waals surface area (Å²) >= 11 is 0. The molecule has 1 unspecified atom stereocenters. The first-order chi connectivity index (χ1) is 8.74. The fourth-order valence-electron chi connectivity index (χ4n) is 1.75. The van der Waals surface area contributed by atoms with Crippen molar-refractivity contribution in [1.29, 1.82) is 5.26 Å². The molecule has 0 amide bonds. The quantitative estimate of drug-likeness (QED) is 0.887. The van der Waals surface area contributed by atoms with Gasteiger partial charge in [0.25, 0.3) is 0 Å². The van der Waals surface area contributed by atoms with Crippen LogP contribution >= 0.6 is 0 Å². The molecule has 1 atom stereocenters. The van der Waals surface area contributed by atoms with Crippen LogP contribution < -0.4 is 5.32 Å². The van der Waals surface area contributed by atoms with Gasteiger partial charge in [-0.2, -0.15) is 5.26 Å². The Morgan fingerprint density at radius 1 is 1.39 bits per heavy atom. The molecule has 0 aliphatic rings. The maximum absolute atomic E-state index is 9.17. The van der Waals surface area contributed by atoms with Crippen molar-refractivity contribution < 1.29 is 0 Å². The Labute approximate surface area is 107 Å². The third-order valence-corrected chi connectivity index (χ3v) is 3.16. The van der Waals surface area contributed by atoms with Gasteiger partial charge in [0.15, 0.2) is 0 Å². The number of aromatic nitrogens is 1. The van der Waals surface area contributed by atoms with E-state index in [0.29, 0.717) is 17.3 Å². The van der Waals surface area contributed by atoms with Crippen LogP contribution in [0.25, 0.3) is 10.9 Å². The highest BCUT2D eigenvalue weighted by molar-refractivity contribution is 5.82. The van der Waals surface area contributed by atoms with Gasteiger partial charge in [0, 0.05) is 11.9 Å². The zero-order chi connectivity index (χ0) is 13.0. The van der Waals surface area contributed by atoms with Crippen LogP contribution in [0.3, 0.4) is 0 Å². The van der Waals surface area contributed by atoms with Gasteiger partial charge >= 0.3 is 0 Å². The van der Waals surface area contributed by atoms with Crippen LogP contribution in [0.15, 0.2) is 30.3 Å². The van der Waals surface area contributed by atoms with E-state index < -0.39 is 0 Å². The van der Waals surface area contributed by atoms with Gasteiger partial charge in [-0.05, 0) is 18.1 Å². The van der Waals surface area contributed by atoms with Crippen LogP contribution in [0.1, 0.15) is 25.8 Å². The average molecular weight is 239 g/mol. The molecule has 1 N–H and O–H groups in total. The van der Waals surface area contributed by atoms with E-state index in [2.05, 4.69) is 30.2 Å². The Hall–Kier alpha value is -2.08. The molecule has 0 radical (unpaired) electrons. The summed E-state index contributed by atoms with van der Waals surface area (Å²) < 4.78 is 0. The highest BCUT2D eigenvalue weighted by atomic mass is 15.0. The van der Waals surface area contributed by atoms with E-state index >= 15 is 0 Å². The summed E-state index contributed by atoms with van der Waals surface area (Å²) in [6.45, 7) is 5.18. The van der Waals surface area contributed by atoms with Crippen LogP contribution in [-0.2, 0) is 0 Å². The van der Waals surface area contributed by atoms with Gasteiger partial charge in [0.05, 0.1) is 11.1 Å². The van der Waals surface area contributed by atoms with Crippen molar-refractivity contribution >= 4 is 16.7 Å². The molecular weight excluding hydrogens is 222 g/mol. The zero-order valence-corrected chi connectivity index (χ0v) is 10.8. The first-order valence-electron chi connectivity index (χ1n) is 6.28. The minimum absolute atomic E-state index is 0.574. The number of nitrogens with one attached hydrogen (secondary N) is 1. The summed E-state index contributed by atoms with van der Waals surface area (Å²) in [5.41, 5.74) is 1.53. The Morgan fingerprint density at radius 3 is 2.89 bits per heavy atom. The van der Waals surface area contributed by atoms with Crippen LogP contribution in [0.4, 0.5) is 5.82 Å². The molecule has 0 aliphatic heterocycles. The normalized spacial score (nSPS) is 12.1. The molecule has 0 aliphatic carbocycles. The molecule has 0 bridgehead atoms. The monoisotopic (exact) mass is 239 g/mol. The molecule has 0 saturated heterocycles. The van der Waals surface area contributed by atoms with Gasteiger partial charge in [0.2, 0.25) is 0 Å². The number of rotatable bonds is 4. The van der Waals surface area contributed by atoms with Gasteiger partial charge in [-0.15, -0.1) is 0 Å². The molecule has 2 rings (SSSR count). The van der Waals surface area contributed by atoms with Gasteiger partial charge in [-0.1, -0.05) is 38.5 Å². The smallest absolute Gasteiger partial charge is 0.144 e. The Balaban J connectivity index is 2.34. The molecule has 18 heavy (non-hydrogen) atoms. The summed E-state index contributed by atoms with van der Waals surface area (Å²) in [4.78, 5) is 4.52. The Bertz CT molecular complexity index is 584. The molecule has 2 aromatic rings. The third-order valence-electron chi connectivity index (χ3n) is 3.16. The van der Waals surface area contributed by atoms with Crippen LogP contribution in [0.5, 0.6) is 0 Å². The lowest BCUT2D eigenvalue weighted by atomic mass is 10.1. The first kappa shape index (κ1) is 12.4. The molecule has 3 heteroatoms. The number of fused-ring (bicyclic) bond motifs is 1. The molecule has 1 aromatic carbocycles. The van der Waals surface area contributed by atoms with E-state index in [1.54, 1.807) is 0 Å². The lowest BCUT2D eigenvalue weighted by Crippen LogP contribution is -2.12. The minimum Gasteiger partial charge on any atom is -0.369 e. The van der Waals surface area contributed by atoms with Gasteiger partial charge in [-0.25, -0.2) is 4.98 Å². The number of anilines is 1. The van der Waals surface area contributed by atoms with Crippen molar-refractivity contribution in [3.8, 4) is 6.07 Å². The molecule has 0 saturated carbocycles. The minimum atomic E-state index is 0.574. The second-order valence-electron chi connectivity index (χ2n) is 4.58. The van der Waals surface area contributed by atoms with Gasteiger partial charge in [-0.3, -0.25) is 0 Å². The average Bonchev–Trinajstić information content (AvgIpc) is 2.43. The highest BCUT2D eigenvalue weighted by Crippen LogP contribution is 2.20. The fourth-order valence-corrected chi connectivity index (χ4v) is 1.75. The number of hydrogen-bond donors (Lipinski definition) is 1. The molecule has 1 heterocycles. The van der Waals surface area contributed by atoms with Crippen molar-refractivity contribution in [2.24, 2.45) is 5.92 Å². The number of pyridine rings is 1. The Morgan fingerprint density at radius 2 is 2.17 bits per heavy atom. The first-order valence-corrected chi connectivity index (χ1v) is 6.28. The summed E-state index contributed by atoms with van der Waals surface area (Å²) in [6.07, 6.45) is 1.11. The molecule has 92 valence electrons. The molecular formula is C15H17N3. The van der Waals surface area contributed by atoms with Crippen LogP contribution in [-0.4, -0.2) is 11.5 Å². The van der Waals surface area contributed by atoms with E-state index in [1.165, 1.54) is 0 Å². The van der Waals surface area contributed by atoms with Gasteiger partial charge in [0.1, 0.15) is 11.9 Å². The predicted molar refractivity (Wildman–Crippen MR) is 74.4 cm³/mol. The second-order valence-corrected chi connectivity index (χ2v) is 4.58. The van der Waals surface area contributed by atoms with E-state index in [1.807, 2.05) is 30.3 Å². The second kappa shape index (κ2) is 5.50. The van der Waals surface area contributed by atoms with Crippen molar-refractivity contribution in [2.75, 3.05) is 11.9 Å². The number of para-hydroxylation sites is 1. The fraction of sp³-hybridized carbons (Fsp3) is 0.333. The maximum Gasteiger partial charge on any atom is 0.144 e. The predicted octanol–water partition coefficient (Wildman–Crippen LogP) is 3.56. The number of nitriles is 1. The number of hydrogen-bond acceptors (Lipinski definition) is 3. The topological polar surface area (TPSA) is 48.7 Å². The lowest BCUT2D eigenvalue weighted by molar-refractivity contribution is 0.592. The summed E-state index contributed by atoms with van der Waals surface area (Å²) in [5.74, 6) is 1.27. The Kier molecular flexibility index (Phi) is 3.78. The lowest BCUT2D eigenvalue weighted by Gasteiger charge is -2.12. The number of nitrogens with zero attached hydrogens (tertiary/aromatic N) is 2.